The second-order valence-electron chi connectivity index (χ2n) is 8.59. The molecule has 27 heavy (non-hydrogen) atoms. The van der Waals surface area contributed by atoms with Gasteiger partial charge in [0.25, 0.3) is 5.69 Å². The maximum atomic E-state index is 11.3. The molecule has 3 rings (SSSR count). The van der Waals surface area contributed by atoms with Crippen LogP contribution in [0.1, 0.15) is 59.3 Å². The molecule has 0 heterocycles. The number of hydrogen-bond acceptors (Lipinski definition) is 6. The first-order valence-electron chi connectivity index (χ1n) is 9.41. The number of hydrazone groups is 1. The number of nitro groups is 2. The van der Waals surface area contributed by atoms with Crippen LogP contribution in [0.2, 0.25) is 0 Å². The van der Waals surface area contributed by atoms with E-state index < -0.39 is 9.85 Å². The molecule has 1 aromatic carbocycles. The Labute approximate surface area is 158 Å². The summed E-state index contributed by atoms with van der Waals surface area (Å²) in [6.07, 6.45) is 6.55. The van der Waals surface area contributed by atoms with Crippen molar-refractivity contribution in [2.45, 2.75) is 59.3 Å². The molecule has 8 heteroatoms. The Hall–Kier alpha value is -2.51. The fraction of sp³-hybridized carbons (Fsp3) is 0.632. The van der Waals surface area contributed by atoms with E-state index in [4.69, 9.17) is 0 Å². The summed E-state index contributed by atoms with van der Waals surface area (Å²) in [5, 5.41) is 26.8. The van der Waals surface area contributed by atoms with Crippen molar-refractivity contribution in [2.24, 2.45) is 21.8 Å². The predicted molar refractivity (Wildman–Crippen MR) is 104 cm³/mol. The summed E-state index contributed by atoms with van der Waals surface area (Å²) in [5.74, 6) is 0.542. The molecule has 1 N–H and O–H groups in total. The molecule has 2 saturated carbocycles. The van der Waals surface area contributed by atoms with Gasteiger partial charge in [-0.2, -0.15) is 5.10 Å². The maximum Gasteiger partial charge on any atom is 0.301 e. The minimum atomic E-state index is -0.639. The van der Waals surface area contributed by atoms with Crippen LogP contribution in [0.15, 0.2) is 23.3 Å². The third-order valence-electron chi connectivity index (χ3n) is 6.50. The van der Waals surface area contributed by atoms with Crippen molar-refractivity contribution in [2.75, 3.05) is 5.43 Å². The minimum absolute atomic E-state index is 0.0114. The summed E-state index contributed by atoms with van der Waals surface area (Å²) in [6.45, 7) is 6.92. The number of rotatable bonds is 4. The van der Waals surface area contributed by atoms with Crippen molar-refractivity contribution in [1.29, 1.82) is 0 Å². The molecule has 0 spiro atoms. The minimum Gasteiger partial charge on any atom is -0.272 e. The van der Waals surface area contributed by atoms with E-state index in [2.05, 4.69) is 31.3 Å². The number of hydrogen-bond donors (Lipinski definition) is 1. The van der Waals surface area contributed by atoms with Gasteiger partial charge in [-0.1, -0.05) is 27.2 Å². The summed E-state index contributed by atoms with van der Waals surface area (Å²) >= 11 is 0. The van der Waals surface area contributed by atoms with Gasteiger partial charge in [0, 0.05) is 17.2 Å². The highest BCUT2D eigenvalue weighted by Gasteiger charge is 2.50. The quantitative estimate of drug-likeness (QED) is 0.569. The van der Waals surface area contributed by atoms with Crippen molar-refractivity contribution in [3.05, 3.63) is 38.4 Å². The number of fused-ring (bicyclic) bond motifs is 1. The molecule has 8 nitrogen and oxygen atoms in total. The Balaban J connectivity index is 1.91. The van der Waals surface area contributed by atoms with Gasteiger partial charge >= 0.3 is 5.69 Å². The van der Waals surface area contributed by atoms with Crippen molar-refractivity contribution in [3.63, 3.8) is 0 Å². The molecule has 0 aliphatic heterocycles. The Morgan fingerprint density at radius 2 is 1.85 bits per heavy atom. The van der Waals surface area contributed by atoms with Gasteiger partial charge in [-0.05, 0) is 49.5 Å². The topological polar surface area (TPSA) is 111 Å². The maximum absolute atomic E-state index is 11.3. The summed E-state index contributed by atoms with van der Waals surface area (Å²) in [4.78, 5) is 20.9. The van der Waals surface area contributed by atoms with Crippen LogP contribution in [0.5, 0.6) is 0 Å². The Kier molecular flexibility index (Phi) is 4.92. The molecule has 0 amide bonds. The molecule has 0 saturated heterocycles. The lowest BCUT2D eigenvalue weighted by atomic mass is 9.51. The molecule has 2 fully saturated rings. The average molecular weight is 374 g/mol. The lowest BCUT2D eigenvalue weighted by molar-refractivity contribution is -0.393. The Bertz CT molecular complexity index is 805. The number of nitro benzene ring substituents is 2. The zero-order chi connectivity index (χ0) is 19.8. The fourth-order valence-corrected chi connectivity index (χ4v) is 5.13. The highest BCUT2D eigenvalue weighted by atomic mass is 16.6. The second kappa shape index (κ2) is 6.90. The van der Waals surface area contributed by atoms with Crippen LogP contribution in [-0.2, 0) is 0 Å². The van der Waals surface area contributed by atoms with E-state index >= 15 is 0 Å². The smallest absolute Gasteiger partial charge is 0.272 e. The van der Waals surface area contributed by atoms with Gasteiger partial charge in [0.1, 0.15) is 5.69 Å². The molecule has 2 aliphatic rings. The van der Waals surface area contributed by atoms with Crippen LogP contribution in [0.4, 0.5) is 17.1 Å². The van der Waals surface area contributed by atoms with Gasteiger partial charge in [-0.25, -0.2) is 0 Å². The van der Waals surface area contributed by atoms with Crippen molar-refractivity contribution in [3.8, 4) is 0 Å². The molecule has 1 aromatic rings. The first kappa shape index (κ1) is 19.3. The number of benzene rings is 1. The summed E-state index contributed by atoms with van der Waals surface area (Å²) < 4.78 is 0. The van der Waals surface area contributed by atoms with E-state index in [1.54, 1.807) is 0 Å². The van der Waals surface area contributed by atoms with Gasteiger partial charge in [0.2, 0.25) is 0 Å². The SMILES string of the molecule is CC1(C)CCCC2(C)/C(=N/Nc3ccc([N+](=O)[O-])cc3[N+](=O)[O-])CCCC12. The summed E-state index contributed by atoms with van der Waals surface area (Å²) in [7, 11) is 0. The monoisotopic (exact) mass is 374 g/mol. The van der Waals surface area contributed by atoms with Gasteiger partial charge in [-0.3, -0.25) is 25.7 Å². The third kappa shape index (κ3) is 3.52. The van der Waals surface area contributed by atoms with Gasteiger partial charge in [0.15, 0.2) is 0 Å². The third-order valence-corrected chi connectivity index (χ3v) is 6.50. The second-order valence-corrected chi connectivity index (χ2v) is 8.59. The lowest BCUT2D eigenvalue weighted by Crippen LogP contribution is -2.49. The van der Waals surface area contributed by atoms with E-state index in [-0.39, 0.29) is 27.9 Å². The Morgan fingerprint density at radius 1 is 1.11 bits per heavy atom. The summed E-state index contributed by atoms with van der Waals surface area (Å²) in [6, 6.07) is 3.58. The first-order valence-corrected chi connectivity index (χ1v) is 9.41. The molecule has 146 valence electrons. The van der Waals surface area contributed by atoms with Gasteiger partial charge < -0.3 is 0 Å². The predicted octanol–water partition coefficient (Wildman–Crippen LogP) is 5.29. The number of anilines is 1. The molecule has 0 radical (unpaired) electrons. The zero-order valence-corrected chi connectivity index (χ0v) is 16.0. The van der Waals surface area contributed by atoms with Crippen LogP contribution in [0.25, 0.3) is 0 Å². The normalized spacial score (nSPS) is 28.4. The van der Waals surface area contributed by atoms with Gasteiger partial charge in [0.05, 0.1) is 15.9 Å². The van der Waals surface area contributed by atoms with Crippen LogP contribution in [0, 0.1) is 37.0 Å². The largest absolute Gasteiger partial charge is 0.301 e. The molecular weight excluding hydrogens is 348 g/mol. The molecule has 0 aromatic heterocycles. The van der Waals surface area contributed by atoms with Crippen molar-refractivity contribution >= 4 is 22.8 Å². The summed E-state index contributed by atoms with van der Waals surface area (Å²) in [5.41, 5.74) is 3.68. The first-order chi connectivity index (χ1) is 12.6. The molecule has 2 unspecified atom stereocenters. The number of nitrogens with one attached hydrogen (secondary N) is 1. The Morgan fingerprint density at radius 3 is 2.52 bits per heavy atom. The van der Waals surface area contributed by atoms with Crippen LogP contribution in [-0.4, -0.2) is 15.6 Å². The highest BCUT2D eigenvalue weighted by Crippen LogP contribution is 2.56. The fourth-order valence-electron chi connectivity index (χ4n) is 5.13. The number of non-ortho nitro benzene ring substituents is 1. The van der Waals surface area contributed by atoms with Crippen LogP contribution >= 0.6 is 0 Å². The van der Waals surface area contributed by atoms with Crippen LogP contribution in [0.3, 0.4) is 0 Å². The van der Waals surface area contributed by atoms with Crippen molar-refractivity contribution in [1.82, 2.24) is 0 Å². The van der Waals surface area contributed by atoms with E-state index in [0.29, 0.717) is 5.92 Å². The number of nitrogens with zero attached hydrogens (tertiary/aromatic N) is 3. The highest BCUT2D eigenvalue weighted by molar-refractivity contribution is 5.92. The standard InChI is InChI=1S/C19H26N4O4/c1-18(2)10-5-11-19(3)16(18)6-4-7-17(19)21-20-14-9-8-13(22(24)25)12-15(14)23(26)27/h8-9,12,16,20H,4-7,10-11H2,1-3H3/b21-17+. The van der Waals surface area contributed by atoms with E-state index in [0.717, 1.165) is 37.5 Å². The lowest BCUT2D eigenvalue weighted by Gasteiger charge is -2.54. The molecular formula is C19H26N4O4. The van der Waals surface area contributed by atoms with E-state index in [1.807, 2.05) is 0 Å². The van der Waals surface area contributed by atoms with Crippen molar-refractivity contribution < 1.29 is 9.85 Å². The van der Waals surface area contributed by atoms with Gasteiger partial charge in [-0.15, -0.1) is 0 Å². The zero-order valence-electron chi connectivity index (χ0n) is 16.0. The van der Waals surface area contributed by atoms with E-state index in [9.17, 15) is 20.2 Å². The molecule has 0 bridgehead atoms. The molecule has 2 atom stereocenters. The average Bonchev–Trinajstić information content (AvgIpc) is 2.59. The van der Waals surface area contributed by atoms with E-state index in [1.165, 1.54) is 25.0 Å². The molecule has 2 aliphatic carbocycles. The van der Waals surface area contributed by atoms with Crippen LogP contribution < -0.4 is 5.43 Å².